The third-order valence-electron chi connectivity index (χ3n) is 2.77. The molecule has 0 spiro atoms. The molecule has 1 rings (SSSR count). The van der Waals surface area contributed by atoms with Crippen LogP contribution < -0.4 is 10.5 Å². The third kappa shape index (κ3) is 4.57. The lowest BCUT2D eigenvalue weighted by molar-refractivity contribution is 0.248. The Morgan fingerprint density at radius 3 is 2.65 bits per heavy atom. The van der Waals surface area contributed by atoms with E-state index in [-0.39, 0.29) is 6.04 Å². The van der Waals surface area contributed by atoms with Crippen LogP contribution in [-0.4, -0.2) is 6.61 Å². The van der Waals surface area contributed by atoms with E-state index in [4.69, 9.17) is 22.1 Å². The molecule has 1 aromatic rings. The zero-order chi connectivity index (χ0) is 12.8. The van der Waals surface area contributed by atoms with Gasteiger partial charge in [-0.15, -0.1) is 0 Å². The van der Waals surface area contributed by atoms with E-state index in [1.807, 2.05) is 25.1 Å². The molecule has 0 radical (unpaired) electrons. The summed E-state index contributed by atoms with van der Waals surface area (Å²) in [5.74, 6) is 1.42. The van der Waals surface area contributed by atoms with Gasteiger partial charge < -0.3 is 10.5 Å². The Bertz CT molecular complexity index is 352. The smallest absolute Gasteiger partial charge is 0.124 e. The first-order valence-corrected chi connectivity index (χ1v) is 6.60. The molecule has 0 bridgehead atoms. The molecule has 96 valence electrons. The first-order valence-electron chi connectivity index (χ1n) is 6.22. The Morgan fingerprint density at radius 1 is 1.35 bits per heavy atom. The number of hydrogen-bond acceptors (Lipinski definition) is 2. The quantitative estimate of drug-likeness (QED) is 0.828. The number of benzene rings is 1. The molecule has 2 N–H and O–H groups in total. The predicted octanol–water partition coefficient (Wildman–Crippen LogP) is 4.17. The Hall–Kier alpha value is -0.730. The van der Waals surface area contributed by atoms with Crippen molar-refractivity contribution in [3.63, 3.8) is 0 Å². The predicted molar refractivity (Wildman–Crippen MR) is 73.6 cm³/mol. The van der Waals surface area contributed by atoms with E-state index in [0.29, 0.717) is 10.9 Å². The monoisotopic (exact) mass is 255 g/mol. The summed E-state index contributed by atoms with van der Waals surface area (Å²) in [4.78, 5) is 0. The normalized spacial score (nSPS) is 14.4. The van der Waals surface area contributed by atoms with Crippen molar-refractivity contribution in [3.8, 4) is 5.75 Å². The van der Waals surface area contributed by atoms with E-state index < -0.39 is 0 Å². The third-order valence-corrected chi connectivity index (χ3v) is 3.00. The fraction of sp³-hybridized carbons (Fsp3) is 0.571. The van der Waals surface area contributed by atoms with Gasteiger partial charge in [0.25, 0.3) is 0 Å². The molecule has 1 unspecified atom stereocenters. The van der Waals surface area contributed by atoms with Gasteiger partial charge in [0.1, 0.15) is 5.75 Å². The minimum Gasteiger partial charge on any atom is -0.493 e. The van der Waals surface area contributed by atoms with E-state index in [1.54, 1.807) is 0 Å². The lowest BCUT2D eigenvalue weighted by Crippen LogP contribution is -2.12. The summed E-state index contributed by atoms with van der Waals surface area (Å²) in [5, 5.41) is 0.700. The fourth-order valence-electron chi connectivity index (χ4n) is 1.81. The van der Waals surface area contributed by atoms with Crippen molar-refractivity contribution >= 4 is 11.6 Å². The van der Waals surface area contributed by atoms with Crippen molar-refractivity contribution in [1.82, 2.24) is 0 Å². The van der Waals surface area contributed by atoms with Crippen LogP contribution in [0.5, 0.6) is 5.75 Å². The molecule has 0 amide bonds. The molecular formula is C14H22ClNO. The maximum Gasteiger partial charge on any atom is 0.124 e. The fourth-order valence-corrected chi connectivity index (χ4v) is 2.00. The topological polar surface area (TPSA) is 35.2 Å². The zero-order valence-corrected chi connectivity index (χ0v) is 11.6. The summed E-state index contributed by atoms with van der Waals surface area (Å²) in [6, 6.07) is 5.56. The number of rotatable bonds is 6. The van der Waals surface area contributed by atoms with Crippen molar-refractivity contribution in [1.29, 1.82) is 0 Å². The average molecular weight is 256 g/mol. The van der Waals surface area contributed by atoms with Gasteiger partial charge in [0.2, 0.25) is 0 Å². The second-order valence-electron chi connectivity index (χ2n) is 4.68. The lowest BCUT2D eigenvalue weighted by atomic mass is 10.1. The van der Waals surface area contributed by atoms with Crippen molar-refractivity contribution in [2.24, 2.45) is 11.7 Å². The summed E-state index contributed by atoms with van der Waals surface area (Å²) in [6.07, 6.45) is 2.37. The van der Waals surface area contributed by atoms with E-state index in [9.17, 15) is 0 Å². The van der Waals surface area contributed by atoms with Crippen LogP contribution in [-0.2, 0) is 0 Å². The maximum atomic E-state index is 5.96. The Morgan fingerprint density at radius 2 is 2.06 bits per heavy atom. The van der Waals surface area contributed by atoms with Crippen molar-refractivity contribution in [2.75, 3.05) is 6.61 Å². The zero-order valence-electron chi connectivity index (χ0n) is 10.9. The molecule has 1 aromatic carbocycles. The number of halogens is 1. The first-order chi connectivity index (χ1) is 8.04. The van der Waals surface area contributed by atoms with Crippen LogP contribution in [0.25, 0.3) is 0 Å². The molecule has 0 aromatic heterocycles. The van der Waals surface area contributed by atoms with Gasteiger partial charge in [0.05, 0.1) is 6.61 Å². The highest BCUT2D eigenvalue weighted by molar-refractivity contribution is 6.30. The van der Waals surface area contributed by atoms with E-state index in [0.717, 1.165) is 17.9 Å². The summed E-state index contributed by atoms with van der Waals surface area (Å²) < 4.78 is 5.83. The number of hydrogen-bond donors (Lipinski definition) is 1. The van der Waals surface area contributed by atoms with Gasteiger partial charge in [-0.25, -0.2) is 0 Å². The van der Waals surface area contributed by atoms with Crippen LogP contribution in [0.15, 0.2) is 18.2 Å². The molecule has 2 atom stereocenters. The highest BCUT2D eigenvalue weighted by Crippen LogP contribution is 2.27. The Balaban J connectivity index is 2.70. The van der Waals surface area contributed by atoms with Crippen LogP contribution in [0.2, 0.25) is 5.02 Å². The maximum absolute atomic E-state index is 5.96. The highest BCUT2D eigenvalue weighted by atomic mass is 35.5. The summed E-state index contributed by atoms with van der Waals surface area (Å²) in [5.41, 5.74) is 6.88. The summed E-state index contributed by atoms with van der Waals surface area (Å²) in [6.45, 7) is 7.06. The van der Waals surface area contributed by atoms with Crippen molar-refractivity contribution in [2.45, 2.75) is 39.7 Å². The number of nitrogens with two attached hydrogens (primary N) is 1. The average Bonchev–Trinajstić information content (AvgIpc) is 2.27. The van der Waals surface area contributed by atoms with Crippen LogP contribution in [0, 0.1) is 5.92 Å². The minimum absolute atomic E-state index is 0.0646. The molecule has 2 nitrogen and oxygen atoms in total. The molecule has 0 aliphatic heterocycles. The molecule has 17 heavy (non-hydrogen) atoms. The van der Waals surface area contributed by atoms with Crippen LogP contribution in [0.3, 0.4) is 0 Å². The van der Waals surface area contributed by atoms with E-state index in [2.05, 4.69) is 13.8 Å². The van der Waals surface area contributed by atoms with Crippen LogP contribution in [0.1, 0.15) is 45.2 Å². The molecule has 0 heterocycles. The van der Waals surface area contributed by atoms with Gasteiger partial charge >= 0.3 is 0 Å². The van der Waals surface area contributed by atoms with Crippen LogP contribution >= 0.6 is 11.6 Å². The molecule has 0 saturated heterocycles. The van der Waals surface area contributed by atoms with Crippen molar-refractivity contribution in [3.05, 3.63) is 28.8 Å². The highest BCUT2D eigenvalue weighted by Gasteiger charge is 2.10. The molecule has 3 heteroatoms. The van der Waals surface area contributed by atoms with Gasteiger partial charge in [-0.05, 0) is 37.5 Å². The van der Waals surface area contributed by atoms with Gasteiger partial charge in [-0.1, -0.05) is 31.9 Å². The van der Waals surface area contributed by atoms with E-state index >= 15 is 0 Å². The molecule has 0 aliphatic rings. The Kier molecular flexibility index (Phi) is 5.79. The second-order valence-corrected chi connectivity index (χ2v) is 5.11. The van der Waals surface area contributed by atoms with Gasteiger partial charge in [0, 0.05) is 16.6 Å². The number of ether oxygens (including phenoxy) is 1. The summed E-state index contributed by atoms with van der Waals surface area (Å²) in [7, 11) is 0. The second kappa shape index (κ2) is 6.87. The first kappa shape index (κ1) is 14.3. The van der Waals surface area contributed by atoms with Gasteiger partial charge in [-0.3, -0.25) is 0 Å². The SMILES string of the molecule is CCCC(C)COc1ccc(Cl)cc1[C@@H](C)N. The van der Waals surface area contributed by atoms with E-state index in [1.165, 1.54) is 12.8 Å². The largest absolute Gasteiger partial charge is 0.493 e. The Labute approximate surface area is 109 Å². The van der Waals surface area contributed by atoms with Crippen molar-refractivity contribution < 1.29 is 4.74 Å². The minimum atomic E-state index is -0.0646. The van der Waals surface area contributed by atoms with Crippen LogP contribution in [0.4, 0.5) is 0 Å². The molecule has 0 fully saturated rings. The summed E-state index contributed by atoms with van der Waals surface area (Å²) >= 11 is 5.96. The standard InChI is InChI=1S/C14H22ClNO/c1-4-5-10(2)9-17-14-7-6-12(15)8-13(14)11(3)16/h6-8,10-11H,4-5,9,16H2,1-3H3/t10?,11-/m1/s1. The molecule has 0 aliphatic carbocycles. The lowest BCUT2D eigenvalue weighted by Gasteiger charge is -2.17. The molecular weight excluding hydrogens is 234 g/mol. The van der Waals surface area contributed by atoms with Gasteiger partial charge in [0.15, 0.2) is 0 Å². The van der Waals surface area contributed by atoms with Gasteiger partial charge in [-0.2, -0.15) is 0 Å². The molecule has 0 saturated carbocycles.